The first kappa shape index (κ1) is 14.2. The minimum atomic E-state index is -0.342. The molecule has 1 aromatic carbocycles. The van der Waals surface area contributed by atoms with Crippen LogP contribution in [-0.4, -0.2) is 11.9 Å². The van der Waals surface area contributed by atoms with Crippen LogP contribution in [0.3, 0.4) is 0 Å². The highest BCUT2D eigenvalue weighted by Gasteiger charge is 2.31. The monoisotopic (exact) mass is 304 g/mol. The summed E-state index contributed by atoms with van der Waals surface area (Å²) in [6.45, 7) is 2.07. The molecule has 0 radical (unpaired) electrons. The van der Waals surface area contributed by atoms with E-state index in [4.69, 9.17) is 16.0 Å². The molecular formula is C16H17ClN2O2. The van der Waals surface area contributed by atoms with Gasteiger partial charge < -0.3 is 9.73 Å². The maximum Gasteiger partial charge on any atom is 0.246 e. The van der Waals surface area contributed by atoms with Crippen molar-refractivity contribution in [3.8, 4) is 0 Å². The molecule has 0 bridgehead atoms. The van der Waals surface area contributed by atoms with Crippen molar-refractivity contribution in [1.29, 1.82) is 0 Å². The van der Waals surface area contributed by atoms with Crippen molar-refractivity contribution in [3.05, 3.63) is 52.9 Å². The Morgan fingerprint density at radius 1 is 1.43 bits per heavy atom. The number of fused-ring (bicyclic) bond motifs is 1. The lowest BCUT2D eigenvalue weighted by atomic mass is 10.1. The van der Waals surface area contributed by atoms with Gasteiger partial charge in [0.1, 0.15) is 11.8 Å². The predicted octanol–water partition coefficient (Wildman–Crippen LogP) is 3.54. The number of aryl methyl sites for hydroxylation is 1. The number of carbonyl (C=O) groups is 1. The predicted molar refractivity (Wildman–Crippen MR) is 82.4 cm³/mol. The van der Waals surface area contributed by atoms with Gasteiger partial charge in [0.25, 0.3) is 0 Å². The fourth-order valence-corrected chi connectivity index (χ4v) is 2.76. The minimum absolute atomic E-state index is 0.0304. The van der Waals surface area contributed by atoms with Gasteiger partial charge in [-0.3, -0.25) is 10.1 Å². The second-order valence-electron chi connectivity index (χ2n) is 5.34. The van der Waals surface area contributed by atoms with Crippen molar-refractivity contribution in [2.75, 3.05) is 5.32 Å². The van der Waals surface area contributed by atoms with Crippen LogP contribution in [0.25, 0.3) is 0 Å². The summed E-state index contributed by atoms with van der Waals surface area (Å²) in [4.78, 5) is 12.1. The number of rotatable bonds is 5. The Hall–Kier alpha value is -1.78. The van der Waals surface area contributed by atoms with E-state index in [1.165, 1.54) is 0 Å². The van der Waals surface area contributed by atoms with E-state index >= 15 is 0 Å². The number of halogens is 1. The molecule has 21 heavy (non-hydrogen) atoms. The van der Waals surface area contributed by atoms with Gasteiger partial charge >= 0.3 is 0 Å². The van der Waals surface area contributed by atoms with Crippen LogP contribution in [-0.2, 0) is 11.2 Å². The first-order valence-corrected chi connectivity index (χ1v) is 7.40. The van der Waals surface area contributed by atoms with E-state index in [-0.39, 0.29) is 18.0 Å². The molecule has 5 heteroatoms. The Bertz CT molecular complexity index is 640. The normalized spacial score (nSPS) is 18.4. The van der Waals surface area contributed by atoms with Crippen LogP contribution in [0, 0.1) is 0 Å². The van der Waals surface area contributed by atoms with Gasteiger partial charge in [-0.25, -0.2) is 0 Å². The van der Waals surface area contributed by atoms with Crippen LogP contribution in [0.4, 0.5) is 5.69 Å². The van der Waals surface area contributed by atoms with E-state index in [2.05, 4.69) is 17.6 Å². The summed E-state index contributed by atoms with van der Waals surface area (Å²) < 4.78 is 5.32. The molecule has 4 nitrogen and oxygen atoms in total. The van der Waals surface area contributed by atoms with E-state index in [9.17, 15) is 4.79 Å². The lowest BCUT2D eigenvalue weighted by Gasteiger charge is -2.18. The zero-order valence-corrected chi connectivity index (χ0v) is 12.5. The summed E-state index contributed by atoms with van der Waals surface area (Å²) in [7, 11) is 0. The molecule has 2 heterocycles. The van der Waals surface area contributed by atoms with Gasteiger partial charge in [-0.1, -0.05) is 11.6 Å². The van der Waals surface area contributed by atoms with Gasteiger partial charge in [0.05, 0.1) is 6.26 Å². The van der Waals surface area contributed by atoms with Gasteiger partial charge in [0.2, 0.25) is 5.91 Å². The summed E-state index contributed by atoms with van der Waals surface area (Å²) >= 11 is 6.02. The van der Waals surface area contributed by atoms with Gasteiger partial charge in [0, 0.05) is 28.7 Å². The Kier molecular flexibility index (Phi) is 3.99. The molecule has 2 unspecified atom stereocenters. The first-order valence-electron chi connectivity index (χ1n) is 7.02. The molecule has 0 aliphatic carbocycles. The molecule has 2 aromatic rings. The minimum Gasteiger partial charge on any atom is -0.469 e. The fourth-order valence-electron chi connectivity index (χ4n) is 2.58. The van der Waals surface area contributed by atoms with Crippen molar-refractivity contribution in [1.82, 2.24) is 5.32 Å². The second kappa shape index (κ2) is 5.92. The van der Waals surface area contributed by atoms with Gasteiger partial charge in [0.15, 0.2) is 0 Å². The molecule has 1 aliphatic heterocycles. The third-order valence-corrected chi connectivity index (χ3v) is 3.93. The Morgan fingerprint density at radius 3 is 3.05 bits per heavy atom. The maximum atomic E-state index is 12.1. The molecule has 2 atom stereocenters. The number of hydrogen-bond acceptors (Lipinski definition) is 3. The molecule has 2 N–H and O–H groups in total. The molecule has 0 spiro atoms. The number of nitrogens with one attached hydrogen (secondary N) is 2. The van der Waals surface area contributed by atoms with Crippen LogP contribution >= 0.6 is 11.6 Å². The average molecular weight is 305 g/mol. The second-order valence-corrected chi connectivity index (χ2v) is 5.78. The van der Waals surface area contributed by atoms with Gasteiger partial charge in [-0.2, -0.15) is 0 Å². The zero-order valence-electron chi connectivity index (χ0n) is 11.7. The fraction of sp³-hybridized carbons (Fsp3) is 0.312. The van der Waals surface area contributed by atoms with Crippen LogP contribution < -0.4 is 10.6 Å². The quantitative estimate of drug-likeness (QED) is 0.888. The number of hydrogen-bond donors (Lipinski definition) is 2. The summed E-state index contributed by atoms with van der Waals surface area (Å²) in [5.74, 6) is 0.931. The largest absolute Gasteiger partial charge is 0.469 e. The van der Waals surface area contributed by atoms with Crippen molar-refractivity contribution in [2.45, 2.75) is 31.8 Å². The molecule has 0 saturated heterocycles. The molecule has 1 aromatic heterocycles. The van der Waals surface area contributed by atoms with Crippen LogP contribution in [0.2, 0.25) is 5.02 Å². The summed E-state index contributed by atoms with van der Waals surface area (Å²) in [6.07, 6.45) is 3.42. The highest BCUT2D eigenvalue weighted by molar-refractivity contribution is 6.31. The van der Waals surface area contributed by atoms with Crippen molar-refractivity contribution >= 4 is 23.2 Å². The van der Waals surface area contributed by atoms with Crippen LogP contribution in [0.5, 0.6) is 0 Å². The zero-order chi connectivity index (χ0) is 14.8. The van der Waals surface area contributed by atoms with E-state index < -0.39 is 0 Å². The topological polar surface area (TPSA) is 54.3 Å². The average Bonchev–Trinajstić information content (AvgIpc) is 3.06. The van der Waals surface area contributed by atoms with E-state index in [1.807, 2.05) is 24.3 Å². The summed E-state index contributed by atoms with van der Waals surface area (Å²) in [5.41, 5.74) is 1.75. The molecule has 0 fully saturated rings. The van der Waals surface area contributed by atoms with Crippen LogP contribution in [0.15, 0.2) is 41.0 Å². The van der Waals surface area contributed by atoms with Crippen LogP contribution in [0.1, 0.15) is 30.7 Å². The number of anilines is 1. The van der Waals surface area contributed by atoms with Crippen molar-refractivity contribution < 1.29 is 9.21 Å². The lowest BCUT2D eigenvalue weighted by Crippen LogP contribution is -2.34. The third kappa shape index (κ3) is 3.12. The van der Waals surface area contributed by atoms with Crippen molar-refractivity contribution in [2.24, 2.45) is 0 Å². The van der Waals surface area contributed by atoms with Gasteiger partial charge in [-0.15, -0.1) is 0 Å². The number of furan rings is 1. The number of amides is 1. The highest BCUT2D eigenvalue weighted by Crippen LogP contribution is 2.33. The molecule has 0 saturated carbocycles. The molecule has 1 aliphatic rings. The Labute approximate surface area is 128 Å². The lowest BCUT2D eigenvalue weighted by molar-refractivity contribution is -0.117. The Morgan fingerprint density at radius 2 is 2.29 bits per heavy atom. The Balaban J connectivity index is 1.65. The van der Waals surface area contributed by atoms with Gasteiger partial charge in [-0.05, 0) is 43.7 Å². The summed E-state index contributed by atoms with van der Waals surface area (Å²) in [5, 5.41) is 6.87. The molecule has 3 rings (SSSR count). The first-order chi connectivity index (χ1) is 10.1. The number of carbonyl (C=O) groups excluding carboxylic acids is 1. The van der Waals surface area contributed by atoms with E-state index in [1.54, 1.807) is 12.3 Å². The maximum absolute atomic E-state index is 12.1. The molecule has 1 amide bonds. The third-order valence-electron chi connectivity index (χ3n) is 3.70. The van der Waals surface area contributed by atoms with E-state index in [0.29, 0.717) is 5.02 Å². The number of benzene rings is 1. The van der Waals surface area contributed by atoms with Crippen molar-refractivity contribution in [3.63, 3.8) is 0 Å². The van der Waals surface area contributed by atoms with E-state index in [0.717, 1.165) is 29.9 Å². The highest BCUT2D eigenvalue weighted by atomic mass is 35.5. The standard InChI is InChI=1S/C16H17ClN2O2/c1-10(4-6-12-3-2-8-21-12)18-15-13-9-11(17)5-7-14(13)19-16(15)20/h2-3,5,7-10,15,18H,4,6H2,1H3,(H,19,20). The molecular weight excluding hydrogens is 288 g/mol. The SMILES string of the molecule is CC(CCc1ccco1)NC1C(=O)Nc2ccc(Cl)cc21. The smallest absolute Gasteiger partial charge is 0.246 e. The summed E-state index contributed by atoms with van der Waals surface area (Å²) in [6, 6.07) is 9.15. The molecule has 110 valence electrons.